The van der Waals surface area contributed by atoms with Gasteiger partial charge in [-0.25, -0.2) is 4.79 Å². The highest BCUT2D eigenvalue weighted by molar-refractivity contribution is 5.89. The van der Waals surface area contributed by atoms with Crippen LogP contribution < -0.4 is 5.32 Å². The van der Waals surface area contributed by atoms with E-state index in [1.165, 1.54) is 0 Å². The Labute approximate surface area is 123 Å². The van der Waals surface area contributed by atoms with Crippen LogP contribution in [0.15, 0.2) is 24.3 Å². The second-order valence-electron chi connectivity index (χ2n) is 5.68. The molecule has 2 rings (SSSR count). The smallest absolute Gasteiger partial charge is 0.322 e. The van der Waals surface area contributed by atoms with Gasteiger partial charge in [0.25, 0.3) is 0 Å². The molecule has 1 atom stereocenters. The number of carbonyl (C=O) groups excluding carboxylic acids is 1. The van der Waals surface area contributed by atoms with Crippen LogP contribution in [0.4, 0.5) is 10.5 Å². The summed E-state index contributed by atoms with van der Waals surface area (Å²) in [6.45, 7) is 4.45. The maximum Gasteiger partial charge on any atom is 0.322 e. The van der Waals surface area contributed by atoms with Crippen LogP contribution in [0.3, 0.4) is 0 Å². The average molecular weight is 289 g/mol. The minimum absolute atomic E-state index is 0.121. The van der Waals surface area contributed by atoms with Crippen LogP contribution in [0.5, 0.6) is 0 Å². The highest BCUT2D eigenvalue weighted by atomic mass is 16.5. The lowest BCUT2D eigenvalue weighted by Gasteiger charge is -2.42. The lowest BCUT2D eigenvalue weighted by molar-refractivity contribution is -0.137. The van der Waals surface area contributed by atoms with Gasteiger partial charge in [-0.1, -0.05) is 0 Å². The number of hydrogen-bond acceptors (Lipinski definition) is 4. The zero-order valence-corrected chi connectivity index (χ0v) is 12.2. The quantitative estimate of drug-likeness (QED) is 0.865. The number of nitrogens with zero attached hydrogens (tertiary/aromatic N) is 2. The first kappa shape index (κ1) is 15.3. The van der Waals surface area contributed by atoms with Gasteiger partial charge < -0.3 is 20.1 Å². The second kappa shape index (κ2) is 6.12. The molecule has 0 radical (unpaired) electrons. The summed E-state index contributed by atoms with van der Waals surface area (Å²) in [5.41, 5.74) is 0.679. The van der Waals surface area contributed by atoms with Crippen molar-refractivity contribution in [2.24, 2.45) is 0 Å². The molecule has 1 aromatic rings. The van der Waals surface area contributed by atoms with Crippen LogP contribution in [0.1, 0.15) is 19.4 Å². The standard InChI is InChI=1S/C15H19N3O3/c1-15(2)10-18(8-13(9-19)21-15)14(20)17-12-5-3-11(7-16)4-6-12/h3-6,13,19H,8-10H2,1-2H3,(H,17,20). The van der Waals surface area contributed by atoms with E-state index in [1.807, 2.05) is 19.9 Å². The summed E-state index contributed by atoms with van der Waals surface area (Å²) < 4.78 is 5.68. The molecule has 1 unspecified atom stereocenters. The number of rotatable bonds is 2. The molecule has 2 amide bonds. The van der Waals surface area contributed by atoms with E-state index in [4.69, 9.17) is 10.00 Å². The summed E-state index contributed by atoms with van der Waals surface area (Å²) in [5.74, 6) is 0. The van der Waals surface area contributed by atoms with Gasteiger partial charge in [-0.05, 0) is 38.1 Å². The molecule has 0 saturated carbocycles. The van der Waals surface area contributed by atoms with Crippen molar-refractivity contribution in [3.63, 3.8) is 0 Å². The molecule has 6 heteroatoms. The summed E-state index contributed by atoms with van der Waals surface area (Å²) in [5, 5.41) is 20.8. The van der Waals surface area contributed by atoms with Crippen LogP contribution in [0.2, 0.25) is 0 Å². The number of aliphatic hydroxyl groups excluding tert-OH is 1. The van der Waals surface area contributed by atoms with Gasteiger partial charge in [0.2, 0.25) is 0 Å². The van der Waals surface area contributed by atoms with Gasteiger partial charge in [0.05, 0.1) is 43.0 Å². The molecular weight excluding hydrogens is 270 g/mol. The number of anilines is 1. The fourth-order valence-electron chi connectivity index (χ4n) is 2.38. The number of urea groups is 1. The molecule has 0 bridgehead atoms. The maximum atomic E-state index is 12.3. The van der Waals surface area contributed by atoms with Gasteiger partial charge in [-0.2, -0.15) is 5.26 Å². The molecule has 1 aliphatic heterocycles. The summed E-state index contributed by atoms with van der Waals surface area (Å²) >= 11 is 0. The number of aliphatic hydroxyl groups is 1. The van der Waals surface area contributed by atoms with Crippen LogP contribution in [-0.4, -0.2) is 47.4 Å². The van der Waals surface area contributed by atoms with Crippen molar-refractivity contribution in [3.05, 3.63) is 29.8 Å². The SMILES string of the molecule is CC1(C)CN(C(=O)Nc2ccc(C#N)cc2)CC(CO)O1. The Balaban J connectivity index is 2.03. The maximum absolute atomic E-state index is 12.3. The van der Waals surface area contributed by atoms with E-state index in [-0.39, 0.29) is 18.7 Å². The number of nitrogens with one attached hydrogen (secondary N) is 1. The number of hydrogen-bond donors (Lipinski definition) is 2. The summed E-state index contributed by atoms with van der Waals surface area (Å²) in [6, 6.07) is 8.46. The molecule has 2 N–H and O–H groups in total. The molecule has 1 aliphatic rings. The Hall–Kier alpha value is -2.10. The highest BCUT2D eigenvalue weighted by Crippen LogP contribution is 2.21. The van der Waals surface area contributed by atoms with Gasteiger partial charge >= 0.3 is 6.03 Å². The van der Waals surface area contributed by atoms with E-state index in [0.29, 0.717) is 24.3 Å². The van der Waals surface area contributed by atoms with Crippen molar-refractivity contribution in [1.29, 1.82) is 5.26 Å². The number of ether oxygens (including phenoxy) is 1. The Kier molecular flexibility index (Phi) is 4.46. The third-order valence-electron chi connectivity index (χ3n) is 3.24. The van der Waals surface area contributed by atoms with Gasteiger partial charge in [-0.3, -0.25) is 0 Å². The lowest BCUT2D eigenvalue weighted by Crippen LogP contribution is -2.56. The minimum Gasteiger partial charge on any atom is -0.394 e. The monoisotopic (exact) mass is 289 g/mol. The lowest BCUT2D eigenvalue weighted by atomic mass is 10.1. The van der Waals surface area contributed by atoms with E-state index in [0.717, 1.165) is 0 Å². The van der Waals surface area contributed by atoms with E-state index in [9.17, 15) is 9.90 Å². The van der Waals surface area contributed by atoms with Crippen LogP contribution in [0.25, 0.3) is 0 Å². The van der Waals surface area contributed by atoms with Gasteiger partial charge in [0, 0.05) is 5.69 Å². The first-order chi connectivity index (χ1) is 9.93. The van der Waals surface area contributed by atoms with E-state index >= 15 is 0 Å². The number of nitriles is 1. The van der Waals surface area contributed by atoms with Crippen LogP contribution in [-0.2, 0) is 4.74 Å². The Morgan fingerprint density at radius 2 is 2.19 bits per heavy atom. The second-order valence-corrected chi connectivity index (χ2v) is 5.68. The third kappa shape index (κ3) is 3.94. The zero-order valence-electron chi connectivity index (χ0n) is 12.2. The summed E-state index contributed by atoms with van der Waals surface area (Å²) in [4.78, 5) is 13.9. The molecule has 1 heterocycles. The summed E-state index contributed by atoms with van der Waals surface area (Å²) in [7, 11) is 0. The molecule has 0 spiro atoms. The molecule has 21 heavy (non-hydrogen) atoms. The van der Waals surface area contributed by atoms with Crippen molar-refractivity contribution in [3.8, 4) is 6.07 Å². The number of carbonyl (C=O) groups is 1. The minimum atomic E-state index is -0.492. The number of morpholine rings is 1. The first-order valence-corrected chi connectivity index (χ1v) is 6.78. The molecular formula is C15H19N3O3. The number of benzene rings is 1. The van der Waals surface area contributed by atoms with Crippen LogP contribution in [0, 0.1) is 11.3 Å². The molecule has 0 aromatic heterocycles. The van der Waals surface area contributed by atoms with Crippen molar-refractivity contribution in [2.75, 3.05) is 25.0 Å². The normalized spacial score (nSPS) is 20.7. The summed E-state index contributed by atoms with van der Waals surface area (Å²) in [6.07, 6.45) is -0.375. The van der Waals surface area contributed by atoms with Crippen molar-refractivity contribution >= 4 is 11.7 Å². The Bertz CT molecular complexity index is 548. The predicted octanol–water partition coefficient (Wildman–Crippen LogP) is 1.56. The Morgan fingerprint density at radius 1 is 1.52 bits per heavy atom. The fraction of sp³-hybridized carbons (Fsp3) is 0.467. The molecule has 112 valence electrons. The molecule has 1 aromatic carbocycles. The number of amides is 2. The highest BCUT2D eigenvalue weighted by Gasteiger charge is 2.35. The Morgan fingerprint density at radius 3 is 2.76 bits per heavy atom. The molecule has 1 saturated heterocycles. The van der Waals surface area contributed by atoms with Gasteiger partial charge in [0.1, 0.15) is 0 Å². The van der Waals surface area contributed by atoms with E-state index in [1.54, 1.807) is 29.2 Å². The van der Waals surface area contributed by atoms with E-state index < -0.39 is 5.60 Å². The third-order valence-corrected chi connectivity index (χ3v) is 3.24. The van der Waals surface area contributed by atoms with Crippen molar-refractivity contribution in [1.82, 2.24) is 4.90 Å². The van der Waals surface area contributed by atoms with Gasteiger partial charge in [0.15, 0.2) is 0 Å². The molecule has 6 nitrogen and oxygen atoms in total. The van der Waals surface area contributed by atoms with Crippen molar-refractivity contribution < 1.29 is 14.6 Å². The van der Waals surface area contributed by atoms with E-state index in [2.05, 4.69) is 5.32 Å². The first-order valence-electron chi connectivity index (χ1n) is 6.78. The fourth-order valence-corrected chi connectivity index (χ4v) is 2.38. The zero-order chi connectivity index (χ0) is 15.5. The molecule has 0 aliphatic carbocycles. The molecule has 1 fully saturated rings. The van der Waals surface area contributed by atoms with Crippen molar-refractivity contribution in [2.45, 2.75) is 25.6 Å². The van der Waals surface area contributed by atoms with Gasteiger partial charge in [-0.15, -0.1) is 0 Å². The largest absolute Gasteiger partial charge is 0.394 e. The average Bonchev–Trinajstić information content (AvgIpc) is 2.46. The topological polar surface area (TPSA) is 85.6 Å². The van der Waals surface area contributed by atoms with Crippen LogP contribution >= 0.6 is 0 Å². The predicted molar refractivity (Wildman–Crippen MR) is 77.8 cm³/mol.